The number of para-hydroxylation sites is 2. The third-order valence-corrected chi connectivity index (χ3v) is 3.74. The minimum absolute atomic E-state index is 0.0169. The van der Waals surface area contributed by atoms with Gasteiger partial charge in [0.05, 0.1) is 11.3 Å². The van der Waals surface area contributed by atoms with Crippen molar-refractivity contribution in [2.24, 2.45) is 0 Å². The third kappa shape index (κ3) is 1.69. The van der Waals surface area contributed by atoms with Crippen LogP contribution in [0.2, 0.25) is 0 Å². The summed E-state index contributed by atoms with van der Waals surface area (Å²) in [6, 6.07) is 16.8. The molecular formula is C17H13NO3. The van der Waals surface area contributed by atoms with Gasteiger partial charge in [0, 0.05) is 6.42 Å². The zero-order valence-electron chi connectivity index (χ0n) is 11.2. The summed E-state index contributed by atoms with van der Waals surface area (Å²) in [6.45, 7) is 0. The smallest absolute Gasteiger partial charge is 0.243 e. The summed E-state index contributed by atoms with van der Waals surface area (Å²) in [7, 11) is 0. The maximum absolute atomic E-state index is 10.5. The summed E-state index contributed by atoms with van der Waals surface area (Å²) in [5.74, 6) is 0.979. The minimum Gasteiger partial charge on any atom is -0.494 e. The van der Waals surface area contributed by atoms with E-state index in [0.29, 0.717) is 29.2 Å². The average Bonchev–Trinajstić information content (AvgIpc) is 2.77. The number of ether oxygens (including phenoxy) is 1. The minimum atomic E-state index is -0.0804. The molecule has 0 saturated carbocycles. The van der Waals surface area contributed by atoms with E-state index in [2.05, 4.69) is 0 Å². The first-order valence-corrected chi connectivity index (χ1v) is 6.72. The van der Waals surface area contributed by atoms with Crippen LogP contribution in [0.25, 0.3) is 5.69 Å². The molecule has 2 heterocycles. The topological polar surface area (TPSA) is 54.6 Å². The number of fused-ring (bicyclic) bond motifs is 2. The fourth-order valence-electron chi connectivity index (χ4n) is 2.71. The van der Waals surface area contributed by atoms with Gasteiger partial charge in [-0.25, -0.2) is 4.57 Å². The van der Waals surface area contributed by atoms with Crippen molar-refractivity contribution in [1.29, 1.82) is 0 Å². The lowest BCUT2D eigenvalue weighted by atomic mass is 10.0. The van der Waals surface area contributed by atoms with Crippen LogP contribution in [-0.4, -0.2) is 14.8 Å². The van der Waals surface area contributed by atoms with Gasteiger partial charge in [-0.1, -0.05) is 36.4 Å². The van der Waals surface area contributed by atoms with Gasteiger partial charge in [0.2, 0.25) is 11.8 Å². The second-order valence-corrected chi connectivity index (χ2v) is 5.01. The molecule has 1 aliphatic rings. The van der Waals surface area contributed by atoms with Gasteiger partial charge in [-0.3, -0.25) is 0 Å². The van der Waals surface area contributed by atoms with Crippen molar-refractivity contribution in [3.05, 3.63) is 65.7 Å². The van der Waals surface area contributed by atoms with Gasteiger partial charge in [0.1, 0.15) is 5.75 Å². The highest BCUT2D eigenvalue weighted by atomic mass is 16.5. The lowest BCUT2D eigenvalue weighted by molar-refractivity contribution is 0.380. The highest BCUT2D eigenvalue weighted by molar-refractivity contribution is 5.62. The summed E-state index contributed by atoms with van der Waals surface area (Å²) in [5, 5.41) is 20.9. The Morgan fingerprint density at radius 3 is 2.38 bits per heavy atom. The molecule has 0 radical (unpaired) electrons. The van der Waals surface area contributed by atoms with Gasteiger partial charge in [-0.15, -0.1) is 0 Å². The number of nitrogens with zero attached hydrogens (tertiary/aromatic N) is 1. The number of benzene rings is 2. The maximum atomic E-state index is 10.5. The van der Waals surface area contributed by atoms with Crippen molar-refractivity contribution in [2.75, 3.05) is 0 Å². The molecule has 0 fully saturated rings. The normalized spacial score (nSPS) is 12.4. The van der Waals surface area contributed by atoms with Crippen molar-refractivity contribution >= 4 is 0 Å². The van der Waals surface area contributed by atoms with E-state index in [1.807, 2.05) is 54.6 Å². The predicted octanol–water partition coefficient (Wildman–Crippen LogP) is 3.59. The Morgan fingerprint density at radius 2 is 1.57 bits per heavy atom. The van der Waals surface area contributed by atoms with E-state index in [1.165, 1.54) is 4.57 Å². The van der Waals surface area contributed by atoms with Crippen LogP contribution < -0.4 is 4.74 Å². The molecular weight excluding hydrogens is 266 g/mol. The lowest BCUT2D eigenvalue weighted by Gasteiger charge is -2.16. The molecule has 0 spiro atoms. The fourth-order valence-corrected chi connectivity index (χ4v) is 2.71. The van der Waals surface area contributed by atoms with Crippen LogP contribution >= 0.6 is 0 Å². The first-order valence-electron chi connectivity index (χ1n) is 6.72. The van der Waals surface area contributed by atoms with Gasteiger partial charge in [-0.05, 0) is 23.8 Å². The molecule has 0 atom stereocenters. The Hall–Kier alpha value is -2.88. The van der Waals surface area contributed by atoms with Crippen LogP contribution in [0.5, 0.6) is 23.3 Å². The molecule has 1 aliphatic heterocycles. The zero-order valence-corrected chi connectivity index (χ0v) is 11.2. The molecule has 21 heavy (non-hydrogen) atoms. The second kappa shape index (κ2) is 4.31. The molecule has 0 amide bonds. The van der Waals surface area contributed by atoms with E-state index in [1.54, 1.807) is 0 Å². The largest absolute Gasteiger partial charge is 0.494 e. The highest BCUT2D eigenvalue weighted by Crippen LogP contribution is 2.49. The van der Waals surface area contributed by atoms with Crippen molar-refractivity contribution < 1.29 is 14.9 Å². The predicted molar refractivity (Wildman–Crippen MR) is 78.4 cm³/mol. The Morgan fingerprint density at radius 1 is 0.857 bits per heavy atom. The summed E-state index contributed by atoms with van der Waals surface area (Å²) in [4.78, 5) is 0. The molecule has 0 saturated heterocycles. The van der Waals surface area contributed by atoms with E-state index in [9.17, 15) is 10.2 Å². The van der Waals surface area contributed by atoms with Crippen molar-refractivity contribution in [1.82, 2.24) is 4.57 Å². The van der Waals surface area contributed by atoms with Crippen LogP contribution in [0.4, 0.5) is 0 Å². The number of rotatable bonds is 1. The fraction of sp³-hybridized carbons (Fsp3) is 0.0588. The second-order valence-electron chi connectivity index (χ2n) is 5.01. The van der Waals surface area contributed by atoms with Gasteiger partial charge < -0.3 is 14.9 Å². The molecule has 4 nitrogen and oxygen atoms in total. The number of hydrogen-bond acceptors (Lipinski definition) is 3. The average molecular weight is 279 g/mol. The van der Waals surface area contributed by atoms with Crippen LogP contribution in [0.15, 0.2) is 54.6 Å². The Labute approximate surface area is 121 Å². The van der Waals surface area contributed by atoms with Gasteiger partial charge >= 0.3 is 0 Å². The van der Waals surface area contributed by atoms with E-state index < -0.39 is 0 Å². The quantitative estimate of drug-likeness (QED) is 0.560. The SMILES string of the molecule is Oc1c2c(c(O)n1-c1ccccc1)Oc1ccccc1C2. The summed E-state index contributed by atoms with van der Waals surface area (Å²) < 4.78 is 7.16. The van der Waals surface area contributed by atoms with Gasteiger partial charge in [-0.2, -0.15) is 0 Å². The number of aromatic hydroxyl groups is 2. The Kier molecular flexibility index (Phi) is 2.44. The first kappa shape index (κ1) is 11.9. The Balaban J connectivity index is 1.90. The number of aromatic nitrogens is 1. The van der Waals surface area contributed by atoms with E-state index in [-0.39, 0.29) is 11.8 Å². The molecule has 4 rings (SSSR count). The molecule has 4 heteroatoms. The standard InChI is InChI=1S/C17H13NO3/c19-16-13-10-11-6-4-5-9-14(11)21-15(13)17(20)18(16)12-7-2-1-3-8-12/h1-9,19-20H,10H2. The number of hydrogen-bond donors (Lipinski definition) is 2. The van der Waals surface area contributed by atoms with E-state index >= 15 is 0 Å². The molecule has 104 valence electrons. The zero-order chi connectivity index (χ0) is 14.4. The summed E-state index contributed by atoms with van der Waals surface area (Å²) in [6.07, 6.45) is 0.532. The van der Waals surface area contributed by atoms with Crippen molar-refractivity contribution in [2.45, 2.75) is 6.42 Å². The van der Waals surface area contributed by atoms with Crippen molar-refractivity contribution in [3.63, 3.8) is 0 Å². The van der Waals surface area contributed by atoms with E-state index in [4.69, 9.17) is 4.74 Å². The maximum Gasteiger partial charge on any atom is 0.243 e. The Bertz CT molecular complexity index is 773. The van der Waals surface area contributed by atoms with Gasteiger partial charge in [0.15, 0.2) is 5.75 Å². The summed E-state index contributed by atoms with van der Waals surface area (Å²) in [5.41, 5.74) is 2.29. The van der Waals surface area contributed by atoms with Crippen LogP contribution in [0.1, 0.15) is 11.1 Å². The molecule has 2 N–H and O–H groups in total. The molecule has 2 aromatic carbocycles. The van der Waals surface area contributed by atoms with Crippen LogP contribution in [0, 0.1) is 0 Å². The molecule has 3 aromatic rings. The van der Waals surface area contributed by atoms with Crippen LogP contribution in [-0.2, 0) is 6.42 Å². The molecule has 0 aliphatic carbocycles. The third-order valence-electron chi connectivity index (χ3n) is 3.74. The van der Waals surface area contributed by atoms with Gasteiger partial charge in [0.25, 0.3) is 0 Å². The first-order chi connectivity index (χ1) is 10.3. The monoisotopic (exact) mass is 279 g/mol. The molecule has 0 bridgehead atoms. The molecule has 1 aromatic heterocycles. The highest BCUT2D eigenvalue weighted by Gasteiger charge is 2.29. The summed E-state index contributed by atoms with van der Waals surface area (Å²) >= 11 is 0. The van der Waals surface area contributed by atoms with Crippen LogP contribution in [0.3, 0.4) is 0 Å². The van der Waals surface area contributed by atoms with Crippen molar-refractivity contribution in [3.8, 4) is 28.9 Å². The lowest BCUT2D eigenvalue weighted by Crippen LogP contribution is -2.00. The molecule has 0 unspecified atom stereocenters. The van der Waals surface area contributed by atoms with E-state index in [0.717, 1.165) is 5.56 Å².